The molecule has 20 heavy (non-hydrogen) atoms. The molecule has 1 atom stereocenters. The minimum atomic E-state index is -0.0180. The van der Waals surface area contributed by atoms with Gasteiger partial charge in [0.15, 0.2) is 0 Å². The second-order valence-corrected chi connectivity index (χ2v) is 5.98. The van der Waals surface area contributed by atoms with E-state index in [-0.39, 0.29) is 11.3 Å². The molecular weight excluding hydrogens is 270 g/mol. The van der Waals surface area contributed by atoms with E-state index in [0.29, 0.717) is 18.9 Å². The fourth-order valence-electron chi connectivity index (χ4n) is 2.04. The van der Waals surface area contributed by atoms with Crippen LogP contribution in [0, 0.1) is 5.92 Å². The van der Waals surface area contributed by atoms with Gasteiger partial charge in [0.2, 0.25) is 5.91 Å². The second kappa shape index (κ2) is 6.76. The zero-order valence-electron chi connectivity index (χ0n) is 11.9. The standard InChI is InChI=1S/C17H20ClNO/c1-12(2)16(18)11-19-17(20)10-13-7-8-14-5-3-4-6-15(14)9-13/h3-9,12,16H,10-11H2,1-2H3,(H,19,20). The van der Waals surface area contributed by atoms with Crippen LogP contribution in [-0.2, 0) is 11.2 Å². The Morgan fingerprint density at radius 2 is 1.85 bits per heavy atom. The lowest BCUT2D eigenvalue weighted by atomic mass is 10.0. The van der Waals surface area contributed by atoms with Gasteiger partial charge < -0.3 is 5.32 Å². The van der Waals surface area contributed by atoms with E-state index in [1.807, 2.05) is 32.0 Å². The number of halogens is 1. The first-order valence-corrected chi connectivity index (χ1v) is 7.38. The summed E-state index contributed by atoms with van der Waals surface area (Å²) in [6, 6.07) is 14.3. The molecule has 0 aromatic heterocycles. The summed E-state index contributed by atoms with van der Waals surface area (Å²) >= 11 is 6.13. The smallest absolute Gasteiger partial charge is 0.224 e. The number of rotatable bonds is 5. The lowest BCUT2D eigenvalue weighted by molar-refractivity contribution is -0.120. The number of carbonyl (C=O) groups excluding carboxylic acids is 1. The maximum atomic E-state index is 11.9. The van der Waals surface area contributed by atoms with Crippen molar-refractivity contribution in [3.8, 4) is 0 Å². The van der Waals surface area contributed by atoms with Gasteiger partial charge in [-0.1, -0.05) is 56.3 Å². The largest absolute Gasteiger partial charge is 0.354 e. The van der Waals surface area contributed by atoms with Gasteiger partial charge in [-0.05, 0) is 22.3 Å². The molecule has 106 valence electrons. The molecular formula is C17H20ClNO. The van der Waals surface area contributed by atoms with Gasteiger partial charge in [0.1, 0.15) is 0 Å². The van der Waals surface area contributed by atoms with E-state index >= 15 is 0 Å². The highest BCUT2D eigenvalue weighted by atomic mass is 35.5. The van der Waals surface area contributed by atoms with Crippen LogP contribution in [0.2, 0.25) is 0 Å². The molecule has 0 aliphatic heterocycles. The Morgan fingerprint density at radius 3 is 2.55 bits per heavy atom. The van der Waals surface area contributed by atoms with Crippen molar-refractivity contribution < 1.29 is 4.79 Å². The van der Waals surface area contributed by atoms with Gasteiger partial charge in [-0.2, -0.15) is 0 Å². The van der Waals surface area contributed by atoms with Crippen LogP contribution in [0.5, 0.6) is 0 Å². The summed E-state index contributed by atoms with van der Waals surface area (Å²) in [6.45, 7) is 4.62. The number of amides is 1. The Labute approximate surface area is 125 Å². The molecule has 1 amide bonds. The number of hydrogen-bond acceptors (Lipinski definition) is 1. The molecule has 2 aromatic carbocycles. The quantitative estimate of drug-likeness (QED) is 0.834. The summed E-state index contributed by atoms with van der Waals surface area (Å²) in [5, 5.41) is 5.23. The monoisotopic (exact) mass is 289 g/mol. The Bertz CT molecular complexity index is 594. The van der Waals surface area contributed by atoms with Gasteiger partial charge in [-0.25, -0.2) is 0 Å². The molecule has 0 spiro atoms. The molecule has 0 fully saturated rings. The van der Waals surface area contributed by atoms with Gasteiger partial charge in [0, 0.05) is 6.54 Å². The van der Waals surface area contributed by atoms with Crippen molar-refractivity contribution in [2.45, 2.75) is 25.6 Å². The SMILES string of the molecule is CC(C)C(Cl)CNC(=O)Cc1ccc2ccccc2c1. The van der Waals surface area contributed by atoms with Crippen LogP contribution in [0.25, 0.3) is 10.8 Å². The molecule has 2 nitrogen and oxygen atoms in total. The molecule has 0 heterocycles. The van der Waals surface area contributed by atoms with Crippen LogP contribution in [0.15, 0.2) is 42.5 Å². The fraction of sp³-hybridized carbons (Fsp3) is 0.353. The lowest BCUT2D eigenvalue weighted by Crippen LogP contribution is -2.32. The van der Waals surface area contributed by atoms with E-state index in [2.05, 4.69) is 29.6 Å². The zero-order chi connectivity index (χ0) is 14.5. The van der Waals surface area contributed by atoms with E-state index in [9.17, 15) is 4.79 Å². The first-order valence-electron chi connectivity index (χ1n) is 6.94. The summed E-state index contributed by atoms with van der Waals surface area (Å²) in [5.41, 5.74) is 1.02. The molecule has 1 N–H and O–H groups in total. The number of fused-ring (bicyclic) bond motifs is 1. The normalized spacial score (nSPS) is 12.6. The van der Waals surface area contributed by atoms with Crippen molar-refractivity contribution in [3.05, 3.63) is 48.0 Å². The summed E-state index contributed by atoms with van der Waals surface area (Å²) in [7, 11) is 0. The van der Waals surface area contributed by atoms with E-state index in [0.717, 1.165) is 10.9 Å². The third-order valence-corrected chi connectivity index (χ3v) is 4.05. The molecule has 0 saturated heterocycles. The first kappa shape index (κ1) is 14.9. The average molecular weight is 290 g/mol. The highest BCUT2D eigenvalue weighted by Crippen LogP contribution is 2.16. The molecule has 0 aliphatic rings. The Morgan fingerprint density at radius 1 is 1.15 bits per heavy atom. The zero-order valence-corrected chi connectivity index (χ0v) is 12.7. The third-order valence-electron chi connectivity index (χ3n) is 3.40. The van der Waals surface area contributed by atoms with Crippen LogP contribution >= 0.6 is 11.6 Å². The molecule has 3 heteroatoms. The van der Waals surface area contributed by atoms with Crippen molar-refractivity contribution >= 4 is 28.3 Å². The number of benzene rings is 2. The molecule has 2 aromatic rings. The highest BCUT2D eigenvalue weighted by molar-refractivity contribution is 6.21. The summed E-state index contributed by atoms with van der Waals surface area (Å²) in [4.78, 5) is 11.9. The first-order chi connectivity index (χ1) is 9.56. The van der Waals surface area contributed by atoms with Gasteiger partial charge in [0.25, 0.3) is 0 Å². The summed E-state index contributed by atoms with van der Waals surface area (Å²) in [5.74, 6) is 0.379. The van der Waals surface area contributed by atoms with Crippen molar-refractivity contribution in [2.75, 3.05) is 6.54 Å². The lowest BCUT2D eigenvalue weighted by Gasteiger charge is -2.14. The van der Waals surface area contributed by atoms with Crippen LogP contribution in [0.4, 0.5) is 0 Å². The average Bonchev–Trinajstić information content (AvgIpc) is 2.44. The van der Waals surface area contributed by atoms with Crippen LogP contribution in [0.1, 0.15) is 19.4 Å². The van der Waals surface area contributed by atoms with Crippen molar-refractivity contribution in [2.24, 2.45) is 5.92 Å². The maximum Gasteiger partial charge on any atom is 0.224 e. The Hall–Kier alpha value is -1.54. The van der Waals surface area contributed by atoms with Gasteiger partial charge >= 0.3 is 0 Å². The Balaban J connectivity index is 1.96. The van der Waals surface area contributed by atoms with E-state index in [1.54, 1.807) is 0 Å². The second-order valence-electron chi connectivity index (χ2n) is 5.42. The molecule has 0 saturated carbocycles. The van der Waals surface area contributed by atoms with Gasteiger partial charge in [-0.15, -0.1) is 11.6 Å². The van der Waals surface area contributed by atoms with Crippen LogP contribution in [-0.4, -0.2) is 17.8 Å². The predicted molar refractivity (Wildman–Crippen MR) is 85.1 cm³/mol. The highest BCUT2D eigenvalue weighted by Gasteiger charge is 2.11. The molecule has 1 unspecified atom stereocenters. The number of carbonyl (C=O) groups is 1. The van der Waals surface area contributed by atoms with Crippen molar-refractivity contribution in [3.63, 3.8) is 0 Å². The van der Waals surface area contributed by atoms with Crippen molar-refractivity contribution in [1.82, 2.24) is 5.32 Å². The van der Waals surface area contributed by atoms with E-state index in [1.165, 1.54) is 5.39 Å². The third kappa shape index (κ3) is 3.97. The van der Waals surface area contributed by atoms with Gasteiger partial charge in [-0.3, -0.25) is 4.79 Å². The molecule has 2 rings (SSSR count). The molecule has 0 radical (unpaired) electrons. The number of alkyl halides is 1. The van der Waals surface area contributed by atoms with Crippen LogP contribution < -0.4 is 5.32 Å². The Kier molecular flexibility index (Phi) is 5.02. The minimum absolute atomic E-state index is 0.0180. The molecule has 0 bridgehead atoms. The topological polar surface area (TPSA) is 29.1 Å². The fourth-order valence-corrected chi connectivity index (χ4v) is 2.12. The summed E-state index contributed by atoms with van der Waals surface area (Å²) < 4.78 is 0. The number of hydrogen-bond donors (Lipinski definition) is 1. The maximum absolute atomic E-state index is 11.9. The number of nitrogens with one attached hydrogen (secondary N) is 1. The van der Waals surface area contributed by atoms with E-state index < -0.39 is 0 Å². The molecule has 0 aliphatic carbocycles. The van der Waals surface area contributed by atoms with Gasteiger partial charge in [0.05, 0.1) is 11.8 Å². The predicted octanol–water partition coefficient (Wildman–Crippen LogP) is 3.76. The van der Waals surface area contributed by atoms with E-state index in [4.69, 9.17) is 11.6 Å². The minimum Gasteiger partial charge on any atom is -0.354 e. The van der Waals surface area contributed by atoms with Crippen molar-refractivity contribution in [1.29, 1.82) is 0 Å². The summed E-state index contributed by atoms with van der Waals surface area (Å²) in [6.07, 6.45) is 0.395. The van der Waals surface area contributed by atoms with Crippen LogP contribution in [0.3, 0.4) is 0 Å².